The Morgan fingerprint density at radius 1 is 1.08 bits per heavy atom. The monoisotopic (exact) mass is 328 g/mol. The highest BCUT2D eigenvalue weighted by Gasteiger charge is 2.28. The molecule has 24 heavy (non-hydrogen) atoms. The molecule has 1 aromatic rings. The normalized spacial score (nSPS) is 18.6. The first-order chi connectivity index (χ1) is 11.7. The highest BCUT2D eigenvalue weighted by Crippen LogP contribution is 2.28. The standard InChI is InChI=1S/C20H28N2O2/c1-16(23)22(18-11-4-2-3-5-12-18)15-20(24)21-14-8-10-17-9-6-7-13-19(17)21/h6-7,9,13,18H,2-5,8,10-12,14-15H2,1H3. The summed E-state index contributed by atoms with van der Waals surface area (Å²) in [6.45, 7) is 2.57. The number of nitrogens with zero attached hydrogens (tertiary/aromatic N) is 2. The average Bonchev–Trinajstić information content (AvgIpc) is 2.88. The predicted molar refractivity (Wildman–Crippen MR) is 96.0 cm³/mol. The Bertz CT molecular complexity index is 591. The van der Waals surface area contributed by atoms with Crippen LogP contribution in [0.3, 0.4) is 0 Å². The minimum atomic E-state index is 0.0283. The van der Waals surface area contributed by atoms with Crippen molar-refractivity contribution in [2.75, 3.05) is 18.0 Å². The molecule has 0 unspecified atom stereocenters. The van der Waals surface area contributed by atoms with Gasteiger partial charge in [-0.15, -0.1) is 0 Å². The molecule has 3 rings (SSSR count). The van der Waals surface area contributed by atoms with Crippen LogP contribution in [0.25, 0.3) is 0 Å². The van der Waals surface area contributed by atoms with Gasteiger partial charge < -0.3 is 9.80 Å². The van der Waals surface area contributed by atoms with Crippen LogP contribution in [0, 0.1) is 0 Å². The number of para-hydroxylation sites is 1. The zero-order valence-corrected chi connectivity index (χ0v) is 14.7. The van der Waals surface area contributed by atoms with Crippen molar-refractivity contribution in [2.45, 2.75) is 64.3 Å². The van der Waals surface area contributed by atoms with Gasteiger partial charge in [0.15, 0.2) is 0 Å². The van der Waals surface area contributed by atoms with Crippen molar-refractivity contribution in [1.29, 1.82) is 0 Å². The molecular formula is C20H28N2O2. The van der Waals surface area contributed by atoms with Crippen molar-refractivity contribution < 1.29 is 9.59 Å². The van der Waals surface area contributed by atoms with Crippen molar-refractivity contribution in [3.63, 3.8) is 0 Å². The maximum atomic E-state index is 12.9. The van der Waals surface area contributed by atoms with Crippen molar-refractivity contribution in [3.8, 4) is 0 Å². The average molecular weight is 328 g/mol. The molecule has 1 heterocycles. The first-order valence-electron chi connectivity index (χ1n) is 9.32. The van der Waals surface area contributed by atoms with Crippen LogP contribution in [0.15, 0.2) is 24.3 Å². The van der Waals surface area contributed by atoms with Gasteiger partial charge in [0.05, 0.1) is 0 Å². The van der Waals surface area contributed by atoms with E-state index in [-0.39, 0.29) is 24.4 Å². The van der Waals surface area contributed by atoms with Crippen molar-refractivity contribution in [1.82, 2.24) is 4.90 Å². The number of fused-ring (bicyclic) bond motifs is 1. The minimum Gasteiger partial charge on any atom is -0.331 e. The molecule has 0 atom stereocenters. The number of benzene rings is 1. The van der Waals surface area contributed by atoms with E-state index in [1.165, 1.54) is 18.4 Å². The molecule has 4 heteroatoms. The van der Waals surface area contributed by atoms with Gasteiger partial charge in [-0.05, 0) is 37.3 Å². The fraction of sp³-hybridized carbons (Fsp3) is 0.600. The molecule has 0 radical (unpaired) electrons. The third kappa shape index (κ3) is 3.80. The second kappa shape index (κ2) is 7.82. The molecule has 0 bridgehead atoms. The smallest absolute Gasteiger partial charge is 0.246 e. The summed E-state index contributed by atoms with van der Waals surface area (Å²) in [6.07, 6.45) is 8.90. The van der Waals surface area contributed by atoms with E-state index in [2.05, 4.69) is 6.07 Å². The van der Waals surface area contributed by atoms with Gasteiger partial charge in [0.1, 0.15) is 6.54 Å². The van der Waals surface area contributed by atoms with Crippen molar-refractivity contribution in [2.24, 2.45) is 0 Å². The Morgan fingerprint density at radius 3 is 2.50 bits per heavy atom. The van der Waals surface area contributed by atoms with Gasteiger partial charge in [0, 0.05) is 25.2 Å². The van der Waals surface area contributed by atoms with Crippen LogP contribution in [0.5, 0.6) is 0 Å². The summed E-state index contributed by atoms with van der Waals surface area (Å²) in [4.78, 5) is 28.8. The van der Waals surface area contributed by atoms with Gasteiger partial charge in [0.25, 0.3) is 0 Å². The van der Waals surface area contributed by atoms with Gasteiger partial charge in [-0.2, -0.15) is 0 Å². The first-order valence-corrected chi connectivity index (χ1v) is 9.32. The van der Waals surface area contributed by atoms with E-state index in [1.807, 2.05) is 28.0 Å². The number of anilines is 1. The van der Waals surface area contributed by atoms with Crippen LogP contribution in [0.2, 0.25) is 0 Å². The summed E-state index contributed by atoms with van der Waals surface area (Å²) in [7, 11) is 0. The lowest BCUT2D eigenvalue weighted by Gasteiger charge is -2.34. The van der Waals surface area contributed by atoms with E-state index in [0.717, 1.165) is 50.8 Å². The number of carbonyl (C=O) groups is 2. The predicted octanol–water partition coefficient (Wildman–Crippen LogP) is 3.54. The molecule has 1 aliphatic carbocycles. The second-order valence-corrected chi connectivity index (χ2v) is 7.07. The first kappa shape index (κ1) is 17.0. The molecule has 2 amide bonds. The highest BCUT2D eigenvalue weighted by atomic mass is 16.2. The van der Waals surface area contributed by atoms with Crippen molar-refractivity contribution >= 4 is 17.5 Å². The molecule has 0 aromatic heterocycles. The van der Waals surface area contributed by atoms with Crippen molar-refractivity contribution in [3.05, 3.63) is 29.8 Å². The van der Waals surface area contributed by atoms with Gasteiger partial charge in [-0.25, -0.2) is 0 Å². The summed E-state index contributed by atoms with van der Waals surface area (Å²) in [6, 6.07) is 8.37. The number of rotatable bonds is 3. The van der Waals surface area contributed by atoms with E-state index >= 15 is 0 Å². The number of hydrogen-bond acceptors (Lipinski definition) is 2. The molecule has 0 spiro atoms. The fourth-order valence-electron chi connectivity index (χ4n) is 4.09. The molecule has 1 saturated carbocycles. The van der Waals surface area contributed by atoms with Gasteiger partial charge in [0.2, 0.25) is 11.8 Å². The van der Waals surface area contributed by atoms with Crippen LogP contribution in [-0.4, -0.2) is 35.8 Å². The Morgan fingerprint density at radius 2 is 1.79 bits per heavy atom. The molecule has 1 fully saturated rings. The van der Waals surface area contributed by atoms with Crippen LogP contribution in [-0.2, 0) is 16.0 Å². The lowest BCUT2D eigenvalue weighted by atomic mass is 10.0. The quantitative estimate of drug-likeness (QED) is 0.796. The van der Waals surface area contributed by atoms with E-state index in [0.29, 0.717) is 0 Å². The Labute approximate surface area is 144 Å². The maximum Gasteiger partial charge on any atom is 0.246 e. The van der Waals surface area contributed by atoms with E-state index < -0.39 is 0 Å². The lowest BCUT2D eigenvalue weighted by Crippen LogP contribution is -2.48. The Balaban J connectivity index is 1.73. The highest BCUT2D eigenvalue weighted by molar-refractivity contribution is 5.97. The zero-order valence-electron chi connectivity index (χ0n) is 14.7. The zero-order chi connectivity index (χ0) is 16.9. The summed E-state index contributed by atoms with van der Waals surface area (Å²) in [5.41, 5.74) is 2.26. The van der Waals surface area contributed by atoms with Crippen LogP contribution in [0.1, 0.15) is 57.4 Å². The summed E-state index contributed by atoms with van der Waals surface area (Å²) in [5, 5.41) is 0. The van der Waals surface area contributed by atoms with E-state index in [9.17, 15) is 9.59 Å². The number of hydrogen-bond donors (Lipinski definition) is 0. The number of carbonyl (C=O) groups excluding carboxylic acids is 2. The molecular weight excluding hydrogens is 300 g/mol. The van der Waals surface area contributed by atoms with E-state index in [1.54, 1.807) is 6.92 Å². The number of aryl methyl sites for hydroxylation is 1. The lowest BCUT2D eigenvalue weighted by molar-refractivity contribution is -0.136. The third-order valence-electron chi connectivity index (χ3n) is 5.39. The summed E-state index contributed by atoms with van der Waals surface area (Å²) < 4.78 is 0. The third-order valence-corrected chi connectivity index (χ3v) is 5.39. The van der Waals surface area contributed by atoms with Crippen LogP contribution < -0.4 is 4.90 Å². The van der Waals surface area contributed by atoms with Gasteiger partial charge in [-0.1, -0.05) is 43.9 Å². The fourth-order valence-corrected chi connectivity index (χ4v) is 4.09. The van der Waals surface area contributed by atoms with E-state index in [4.69, 9.17) is 0 Å². The molecule has 2 aliphatic rings. The molecule has 4 nitrogen and oxygen atoms in total. The molecule has 0 N–H and O–H groups in total. The largest absolute Gasteiger partial charge is 0.331 e. The second-order valence-electron chi connectivity index (χ2n) is 7.07. The minimum absolute atomic E-state index is 0.0283. The van der Waals surface area contributed by atoms with Crippen LogP contribution in [0.4, 0.5) is 5.69 Å². The van der Waals surface area contributed by atoms with Gasteiger partial charge >= 0.3 is 0 Å². The maximum absolute atomic E-state index is 12.9. The Hall–Kier alpha value is -1.84. The number of amides is 2. The molecule has 1 aliphatic heterocycles. The van der Waals surface area contributed by atoms with Crippen LogP contribution >= 0.6 is 0 Å². The molecule has 130 valence electrons. The summed E-state index contributed by atoms with van der Waals surface area (Å²) in [5.74, 6) is 0.0853. The van der Waals surface area contributed by atoms with Gasteiger partial charge in [-0.3, -0.25) is 9.59 Å². The summed E-state index contributed by atoms with van der Waals surface area (Å²) >= 11 is 0. The topological polar surface area (TPSA) is 40.6 Å². The Kier molecular flexibility index (Phi) is 5.54. The SMILES string of the molecule is CC(=O)N(CC(=O)N1CCCc2ccccc21)C1CCCCCC1. The molecule has 0 saturated heterocycles. The molecule has 1 aromatic carbocycles.